The number of rotatable bonds is 2. The van der Waals surface area contributed by atoms with Gasteiger partial charge in [0.1, 0.15) is 0 Å². The van der Waals surface area contributed by atoms with Gasteiger partial charge in [0.2, 0.25) is 0 Å². The fourth-order valence-electron chi connectivity index (χ4n) is 3.32. The van der Waals surface area contributed by atoms with Crippen LogP contribution in [0.2, 0.25) is 0 Å². The van der Waals surface area contributed by atoms with E-state index in [9.17, 15) is 4.79 Å². The Morgan fingerprint density at radius 2 is 1.87 bits per heavy atom. The molecule has 5 heteroatoms. The molecule has 0 unspecified atom stereocenters. The number of pyridine rings is 1. The molecule has 0 saturated carbocycles. The second-order valence-corrected chi connectivity index (χ2v) is 5.98. The zero-order valence-electron chi connectivity index (χ0n) is 12.7. The maximum atomic E-state index is 12.9. The quantitative estimate of drug-likeness (QED) is 0.786. The number of aromatic nitrogens is 2. The molecule has 0 aliphatic carbocycles. The van der Waals surface area contributed by atoms with E-state index >= 15 is 0 Å². The molecule has 116 valence electrons. The van der Waals surface area contributed by atoms with E-state index in [1.807, 2.05) is 47.5 Å². The molecule has 0 spiro atoms. The molecule has 3 aromatic rings. The number of carbonyl (C=O) groups excluding carboxylic acids is 1. The van der Waals surface area contributed by atoms with Gasteiger partial charge in [-0.05, 0) is 17.7 Å². The van der Waals surface area contributed by atoms with E-state index in [0.29, 0.717) is 18.7 Å². The van der Waals surface area contributed by atoms with Crippen LogP contribution in [0.3, 0.4) is 0 Å². The minimum absolute atomic E-state index is 0.0000751. The summed E-state index contributed by atoms with van der Waals surface area (Å²) in [5.74, 6) is 0.182. The third-order valence-electron chi connectivity index (χ3n) is 4.54. The second-order valence-electron chi connectivity index (χ2n) is 5.98. The van der Waals surface area contributed by atoms with E-state index in [1.54, 1.807) is 10.7 Å². The molecule has 0 radical (unpaired) electrons. The Labute approximate surface area is 134 Å². The summed E-state index contributed by atoms with van der Waals surface area (Å²) in [4.78, 5) is 14.7. The van der Waals surface area contributed by atoms with Crippen molar-refractivity contribution in [2.45, 2.75) is 12.0 Å². The average molecular weight is 306 g/mol. The van der Waals surface area contributed by atoms with Gasteiger partial charge >= 0.3 is 0 Å². The Morgan fingerprint density at radius 3 is 2.70 bits per heavy atom. The Bertz CT molecular complexity index is 842. The Hall–Kier alpha value is -2.66. The molecular formula is C18H18N4O. The molecule has 1 aromatic carbocycles. The van der Waals surface area contributed by atoms with Crippen LogP contribution < -0.4 is 5.73 Å². The number of carbonyl (C=O) groups is 1. The first-order chi connectivity index (χ1) is 11.2. The number of likely N-dealkylation sites (tertiary alicyclic amines) is 1. The van der Waals surface area contributed by atoms with Gasteiger partial charge in [-0.3, -0.25) is 4.79 Å². The van der Waals surface area contributed by atoms with Crippen molar-refractivity contribution >= 4 is 11.4 Å². The zero-order chi connectivity index (χ0) is 15.8. The third-order valence-corrected chi connectivity index (χ3v) is 4.54. The SMILES string of the molecule is N[C@@H]1CN(C(=O)c2cnn3ccccc23)C[C@H]1c1ccccc1. The van der Waals surface area contributed by atoms with Crippen molar-refractivity contribution in [1.82, 2.24) is 14.5 Å². The van der Waals surface area contributed by atoms with Crippen LogP contribution >= 0.6 is 0 Å². The van der Waals surface area contributed by atoms with Crippen LogP contribution in [-0.2, 0) is 0 Å². The molecule has 1 amide bonds. The highest BCUT2D eigenvalue weighted by Gasteiger charge is 2.34. The molecule has 5 nitrogen and oxygen atoms in total. The van der Waals surface area contributed by atoms with E-state index in [2.05, 4.69) is 17.2 Å². The molecule has 1 fully saturated rings. The van der Waals surface area contributed by atoms with Gasteiger partial charge in [-0.25, -0.2) is 4.52 Å². The third kappa shape index (κ3) is 2.39. The lowest BCUT2D eigenvalue weighted by atomic mass is 9.95. The van der Waals surface area contributed by atoms with Crippen molar-refractivity contribution in [2.24, 2.45) is 5.73 Å². The number of benzene rings is 1. The Kier molecular flexibility index (Phi) is 3.35. The van der Waals surface area contributed by atoms with Gasteiger partial charge in [0.05, 0.1) is 17.3 Å². The summed E-state index contributed by atoms with van der Waals surface area (Å²) in [6.07, 6.45) is 3.48. The number of fused-ring (bicyclic) bond motifs is 1. The van der Waals surface area contributed by atoms with E-state index in [4.69, 9.17) is 5.73 Å². The highest BCUT2D eigenvalue weighted by atomic mass is 16.2. The van der Waals surface area contributed by atoms with Crippen LogP contribution in [0.5, 0.6) is 0 Å². The molecule has 1 aliphatic heterocycles. The summed E-state index contributed by atoms with van der Waals surface area (Å²) in [5, 5.41) is 4.25. The predicted molar refractivity (Wildman–Crippen MR) is 88.3 cm³/mol. The fraction of sp³-hybridized carbons (Fsp3) is 0.222. The molecule has 23 heavy (non-hydrogen) atoms. The Balaban J connectivity index is 1.61. The van der Waals surface area contributed by atoms with Crippen molar-refractivity contribution in [3.63, 3.8) is 0 Å². The molecular weight excluding hydrogens is 288 g/mol. The van der Waals surface area contributed by atoms with Crippen molar-refractivity contribution in [2.75, 3.05) is 13.1 Å². The number of hydrogen-bond acceptors (Lipinski definition) is 3. The molecule has 4 rings (SSSR count). The topological polar surface area (TPSA) is 63.6 Å². The highest BCUT2D eigenvalue weighted by molar-refractivity contribution is 6.00. The van der Waals surface area contributed by atoms with Crippen molar-refractivity contribution in [3.8, 4) is 0 Å². The molecule has 2 atom stereocenters. The van der Waals surface area contributed by atoms with Gasteiger partial charge in [-0.15, -0.1) is 0 Å². The summed E-state index contributed by atoms with van der Waals surface area (Å²) < 4.78 is 1.72. The number of nitrogens with zero attached hydrogens (tertiary/aromatic N) is 3. The lowest BCUT2D eigenvalue weighted by Gasteiger charge is -2.16. The van der Waals surface area contributed by atoms with E-state index in [0.717, 1.165) is 5.52 Å². The summed E-state index contributed by atoms with van der Waals surface area (Å²) in [6.45, 7) is 1.22. The van der Waals surface area contributed by atoms with Gasteiger partial charge < -0.3 is 10.6 Å². The largest absolute Gasteiger partial charge is 0.336 e. The van der Waals surface area contributed by atoms with Crippen molar-refractivity contribution < 1.29 is 4.79 Å². The molecule has 0 bridgehead atoms. The summed E-state index contributed by atoms with van der Waals surface area (Å²) in [5.41, 5.74) is 8.94. The number of nitrogens with two attached hydrogens (primary N) is 1. The van der Waals surface area contributed by atoms with Crippen LogP contribution in [0, 0.1) is 0 Å². The predicted octanol–water partition coefficient (Wildman–Crippen LogP) is 1.90. The first-order valence-corrected chi connectivity index (χ1v) is 7.76. The van der Waals surface area contributed by atoms with Crippen LogP contribution in [-0.4, -0.2) is 39.6 Å². The standard InChI is InChI=1S/C18H18N4O/c19-16-12-21(11-15(16)13-6-2-1-3-7-13)18(23)14-10-20-22-9-5-4-8-17(14)22/h1-10,15-16H,11-12,19H2/t15-,16+/m0/s1. The number of amides is 1. The molecule has 1 saturated heterocycles. The van der Waals surface area contributed by atoms with Crippen LogP contribution in [0.4, 0.5) is 0 Å². The van der Waals surface area contributed by atoms with Gasteiger partial charge in [-0.1, -0.05) is 36.4 Å². The van der Waals surface area contributed by atoms with E-state index in [-0.39, 0.29) is 17.9 Å². The smallest absolute Gasteiger partial charge is 0.257 e. The lowest BCUT2D eigenvalue weighted by Crippen LogP contribution is -2.32. The van der Waals surface area contributed by atoms with Gasteiger partial charge in [0, 0.05) is 31.2 Å². The molecule has 3 heterocycles. The lowest BCUT2D eigenvalue weighted by molar-refractivity contribution is 0.0791. The summed E-state index contributed by atoms with van der Waals surface area (Å²) in [7, 11) is 0. The monoisotopic (exact) mass is 306 g/mol. The average Bonchev–Trinajstić information content (AvgIpc) is 3.19. The van der Waals surface area contributed by atoms with Crippen LogP contribution in [0.25, 0.3) is 5.52 Å². The second kappa shape index (κ2) is 5.52. The van der Waals surface area contributed by atoms with Crippen molar-refractivity contribution in [3.05, 3.63) is 72.1 Å². The zero-order valence-corrected chi connectivity index (χ0v) is 12.7. The Morgan fingerprint density at radius 1 is 1.09 bits per heavy atom. The maximum Gasteiger partial charge on any atom is 0.257 e. The number of hydrogen-bond donors (Lipinski definition) is 1. The van der Waals surface area contributed by atoms with Crippen LogP contribution in [0.1, 0.15) is 21.8 Å². The van der Waals surface area contributed by atoms with Crippen LogP contribution in [0.15, 0.2) is 60.9 Å². The molecule has 2 aromatic heterocycles. The first kappa shape index (κ1) is 14.0. The maximum absolute atomic E-state index is 12.9. The summed E-state index contributed by atoms with van der Waals surface area (Å²) in [6, 6.07) is 15.8. The van der Waals surface area contributed by atoms with Crippen molar-refractivity contribution in [1.29, 1.82) is 0 Å². The molecule has 2 N–H and O–H groups in total. The minimum atomic E-state index is -0.0387. The van der Waals surface area contributed by atoms with E-state index in [1.165, 1.54) is 5.56 Å². The minimum Gasteiger partial charge on any atom is -0.336 e. The molecule has 1 aliphatic rings. The normalized spacial score (nSPS) is 21.0. The highest BCUT2D eigenvalue weighted by Crippen LogP contribution is 2.28. The fourth-order valence-corrected chi connectivity index (χ4v) is 3.32. The van der Waals surface area contributed by atoms with Gasteiger partial charge in [0.15, 0.2) is 0 Å². The van der Waals surface area contributed by atoms with E-state index < -0.39 is 0 Å². The summed E-state index contributed by atoms with van der Waals surface area (Å²) >= 11 is 0. The first-order valence-electron chi connectivity index (χ1n) is 7.76. The van der Waals surface area contributed by atoms with Gasteiger partial charge in [0.25, 0.3) is 5.91 Å². The van der Waals surface area contributed by atoms with Gasteiger partial charge in [-0.2, -0.15) is 5.10 Å².